The first-order valence-corrected chi connectivity index (χ1v) is 6.68. The van der Waals surface area contributed by atoms with E-state index in [2.05, 4.69) is 51.9 Å². The third-order valence-corrected chi connectivity index (χ3v) is 3.87. The second-order valence-electron chi connectivity index (χ2n) is 4.14. The van der Waals surface area contributed by atoms with Crippen LogP contribution in [0.3, 0.4) is 0 Å². The Hall–Kier alpha value is -1.56. The van der Waals surface area contributed by atoms with Gasteiger partial charge < -0.3 is 4.98 Å². The predicted molar refractivity (Wildman–Crippen MR) is 83.4 cm³/mol. The highest BCUT2D eigenvalue weighted by Crippen LogP contribution is 2.30. The maximum Gasteiger partial charge on any atom is 0.217 e. The van der Waals surface area contributed by atoms with Crippen LogP contribution < -0.4 is 3.11 Å². The van der Waals surface area contributed by atoms with Gasteiger partial charge >= 0.3 is 0 Å². The van der Waals surface area contributed by atoms with Crippen molar-refractivity contribution in [3.05, 3.63) is 54.1 Å². The zero-order chi connectivity index (χ0) is 12.5. The molecular weight excluding hydrogens is 337 g/mol. The minimum absolute atomic E-state index is 0.853. The van der Waals surface area contributed by atoms with E-state index in [-0.39, 0.29) is 0 Å². The molecule has 3 rings (SSSR count). The SMILES string of the molecule is Cc1ccccc1N(I)c1nc2ccccc2[nH]1. The molecule has 0 amide bonds. The van der Waals surface area contributed by atoms with Crippen molar-refractivity contribution in [1.82, 2.24) is 9.97 Å². The molecule has 0 unspecified atom stereocenters. The number of nitrogens with zero attached hydrogens (tertiary/aromatic N) is 2. The summed E-state index contributed by atoms with van der Waals surface area (Å²) in [5.41, 5.74) is 4.43. The minimum atomic E-state index is 0.853. The topological polar surface area (TPSA) is 31.9 Å². The summed E-state index contributed by atoms with van der Waals surface area (Å²) in [6.07, 6.45) is 0. The highest BCUT2D eigenvalue weighted by Gasteiger charge is 2.12. The molecule has 0 bridgehead atoms. The minimum Gasteiger partial charge on any atom is -0.323 e. The van der Waals surface area contributed by atoms with E-state index in [4.69, 9.17) is 0 Å². The lowest BCUT2D eigenvalue weighted by molar-refractivity contribution is 1.25. The Morgan fingerprint density at radius 3 is 2.56 bits per heavy atom. The average molecular weight is 349 g/mol. The fourth-order valence-corrected chi connectivity index (χ4v) is 2.70. The number of para-hydroxylation sites is 3. The monoisotopic (exact) mass is 349 g/mol. The summed E-state index contributed by atoms with van der Waals surface area (Å²) in [5, 5.41) is 0. The van der Waals surface area contributed by atoms with Crippen molar-refractivity contribution in [2.24, 2.45) is 0 Å². The first kappa shape index (κ1) is 11.5. The third-order valence-electron chi connectivity index (χ3n) is 2.89. The highest BCUT2D eigenvalue weighted by atomic mass is 127. The number of aryl methyl sites for hydroxylation is 1. The fraction of sp³-hybridized carbons (Fsp3) is 0.0714. The lowest BCUT2D eigenvalue weighted by Gasteiger charge is -2.15. The quantitative estimate of drug-likeness (QED) is 0.551. The van der Waals surface area contributed by atoms with Gasteiger partial charge in [-0.1, -0.05) is 30.3 Å². The smallest absolute Gasteiger partial charge is 0.217 e. The van der Waals surface area contributed by atoms with E-state index in [0.717, 1.165) is 22.7 Å². The van der Waals surface area contributed by atoms with Crippen LogP contribution in [0.25, 0.3) is 11.0 Å². The van der Waals surface area contributed by atoms with Gasteiger partial charge in [0.25, 0.3) is 0 Å². The standard InChI is InChI=1S/C14H12IN3/c1-10-6-2-5-9-13(10)18(15)14-16-11-7-3-4-8-12(11)17-14/h2-9H,1H3,(H,16,17). The fourth-order valence-electron chi connectivity index (χ4n) is 1.93. The lowest BCUT2D eigenvalue weighted by Crippen LogP contribution is -2.04. The summed E-state index contributed by atoms with van der Waals surface area (Å²) in [6, 6.07) is 16.3. The molecular formula is C14H12IN3. The van der Waals surface area contributed by atoms with Gasteiger partial charge in [0.2, 0.25) is 5.95 Å². The van der Waals surface area contributed by atoms with Gasteiger partial charge in [-0.15, -0.1) is 0 Å². The zero-order valence-electron chi connectivity index (χ0n) is 9.89. The van der Waals surface area contributed by atoms with E-state index in [1.165, 1.54) is 5.56 Å². The molecule has 0 fully saturated rings. The van der Waals surface area contributed by atoms with E-state index < -0.39 is 0 Å². The number of anilines is 2. The zero-order valence-corrected chi connectivity index (χ0v) is 12.0. The van der Waals surface area contributed by atoms with Gasteiger partial charge in [0.05, 0.1) is 39.6 Å². The second-order valence-corrected chi connectivity index (χ2v) is 5.11. The van der Waals surface area contributed by atoms with Crippen molar-refractivity contribution in [3.8, 4) is 0 Å². The van der Waals surface area contributed by atoms with Gasteiger partial charge in [-0.3, -0.25) is 3.11 Å². The third kappa shape index (κ3) is 1.96. The number of hydrogen-bond acceptors (Lipinski definition) is 2. The maximum atomic E-state index is 4.59. The van der Waals surface area contributed by atoms with Crippen molar-refractivity contribution in [2.75, 3.05) is 3.11 Å². The number of rotatable bonds is 2. The van der Waals surface area contributed by atoms with Crippen LogP contribution in [0.2, 0.25) is 0 Å². The molecule has 0 aliphatic rings. The average Bonchev–Trinajstić information content (AvgIpc) is 2.82. The first-order valence-electron chi connectivity index (χ1n) is 5.72. The maximum absolute atomic E-state index is 4.59. The molecule has 0 saturated heterocycles. The molecule has 1 N–H and O–H groups in total. The highest BCUT2D eigenvalue weighted by molar-refractivity contribution is 14.1. The van der Waals surface area contributed by atoms with Gasteiger partial charge in [0, 0.05) is 0 Å². The summed E-state index contributed by atoms with van der Waals surface area (Å²) < 4.78 is 2.05. The molecule has 2 aromatic carbocycles. The van der Waals surface area contributed by atoms with Crippen LogP contribution in [-0.4, -0.2) is 9.97 Å². The summed E-state index contributed by atoms with van der Waals surface area (Å²) in [5.74, 6) is 0.853. The summed E-state index contributed by atoms with van der Waals surface area (Å²) in [6.45, 7) is 2.10. The number of nitrogens with one attached hydrogen (secondary N) is 1. The van der Waals surface area contributed by atoms with Gasteiger partial charge in [0.1, 0.15) is 0 Å². The van der Waals surface area contributed by atoms with Crippen molar-refractivity contribution in [1.29, 1.82) is 0 Å². The first-order chi connectivity index (χ1) is 8.75. The van der Waals surface area contributed by atoms with Crippen LogP contribution in [0, 0.1) is 6.92 Å². The molecule has 90 valence electrons. The van der Waals surface area contributed by atoms with E-state index >= 15 is 0 Å². The van der Waals surface area contributed by atoms with Gasteiger partial charge in [-0.2, -0.15) is 0 Å². The molecule has 4 heteroatoms. The number of fused-ring (bicyclic) bond motifs is 1. The summed E-state index contributed by atoms with van der Waals surface area (Å²) >= 11 is 2.27. The molecule has 0 atom stereocenters. The number of hydrogen-bond donors (Lipinski definition) is 1. The Bertz CT molecular complexity index is 657. The summed E-state index contributed by atoms with van der Waals surface area (Å²) in [4.78, 5) is 7.92. The Morgan fingerprint density at radius 1 is 1.06 bits per heavy atom. The Labute approximate surface area is 119 Å². The number of halogens is 1. The molecule has 1 heterocycles. The van der Waals surface area contributed by atoms with E-state index in [1.807, 2.05) is 39.5 Å². The second kappa shape index (κ2) is 4.61. The molecule has 0 aliphatic carbocycles. The number of imidazole rings is 1. The molecule has 3 aromatic rings. The largest absolute Gasteiger partial charge is 0.323 e. The lowest BCUT2D eigenvalue weighted by atomic mass is 10.2. The van der Waals surface area contributed by atoms with E-state index in [9.17, 15) is 0 Å². The molecule has 0 radical (unpaired) electrons. The van der Waals surface area contributed by atoms with Gasteiger partial charge in [0.15, 0.2) is 0 Å². The van der Waals surface area contributed by atoms with E-state index in [1.54, 1.807) is 0 Å². The molecule has 1 aromatic heterocycles. The van der Waals surface area contributed by atoms with Crippen LogP contribution in [0.15, 0.2) is 48.5 Å². The number of H-pyrrole nitrogens is 1. The number of aromatic amines is 1. The number of benzene rings is 2. The van der Waals surface area contributed by atoms with Gasteiger partial charge in [-0.25, -0.2) is 4.98 Å². The summed E-state index contributed by atoms with van der Waals surface area (Å²) in [7, 11) is 0. The van der Waals surface area contributed by atoms with Crippen molar-refractivity contribution in [2.45, 2.75) is 6.92 Å². The molecule has 0 saturated carbocycles. The Balaban J connectivity index is 2.07. The Morgan fingerprint density at radius 2 is 1.78 bits per heavy atom. The van der Waals surface area contributed by atoms with Crippen molar-refractivity contribution >= 4 is 45.5 Å². The van der Waals surface area contributed by atoms with Crippen LogP contribution in [0.1, 0.15) is 5.56 Å². The predicted octanol–water partition coefficient (Wildman–Crippen LogP) is 4.36. The number of aromatic nitrogens is 2. The Kier molecular flexibility index (Phi) is 2.95. The van der Waals surface area contributed by atoms with E-state index in [0.29, 0.717) is 0 Å². The van der Waals surface area contributed by atoms with Crippen LogP contribution in [0.4, 0.5) is 11.6 Å². The van der Waals surface area contributed by atoms with Crippen molar-refractivity contribution in [3.63, 3.8) is 0 Å². The van der Waals surface area contributed by atoms with Gasteiger partial charge in [-0.05, 0) is 30.7 Å². The van der Waals surface area contributed by atoms with Crippen molar-refractivity contribution < 1.29 is 0 Å². The van der Waals surface area contributed by atoms with Crippen LogP contribution in [0.5, 0.6) is 0 Å². The molecule has 3 nitrogen and oxygen atoms in total. The van der Waals surface area contributed by atoms with Crippen LogP contribution >= 0.6 is 22.9 Å². The normalized spacial score (nSPS) is 10.8. The molecule has 0 aliphatic heterocycles. The van der Waals surface area contributed by atoms with Crippen LogP contribution in [-0.2, 0) is 0 Å². The molecule has 18 heavy (non-hydrogen) atoms. The molecule has 0 spiro atoms.